The van der Waals surface area contributed by atoms with Crippen molar-refractivity contribution >= 4 is 41.3 Å². The zero-order valence-corrected chi connectivity index (χ0v) is 19.0. The average Bonchev–Trinajstić information content (AvgIpc) is 3.24. The van der Waals surface area contributed by atoms with Gasteiger partial charge in [-0.05, 0) is 25.5 Å². The van der Waals surface area contributed by atoms with Crippen LogP contribution in [-0.2, 0) is 13.1 Å². The molecule has 144 valence electrons. The van der Waals surface area contributed by atoms with Crippen LogP contribution in [0.1, 0.15) is 22.1 Å². The molecule has 0 unspecified atom stereocenters. The minimum Gasteiger partial charge on any atom is -0.352 e. The second kappa shape index (κ2) is 9.79. The molecule has 0 amide bonds. The summed E-state index contributed by atoms with van der Waals surface area (Å²) in [5, 5.41) is 6.53. The molecule has 0 bridgehead atoms. The van der Waals surface area contributed by atoms with Gasteiger partial charge in [0.2, 0.25) is 0 Å². The molecule has 27 heavy (non-hydrogen) atoms. The van der Waals surface area contributed by atoms with Crippen molar-refractivity contribution in [3.05, 3.63) is 58.2 Å². The number of hydrogen-bond donors (Lipinski definition) is 1. The molecule has 3 aromatic heterocycles. The molecule has 0 saturated carbocycles. The Bertz CT molecular complexity index is 885. The van der Waals surface area contributed by atoms with Crippen molar-refractivity contribution in [3.63, 3.8) is 0 Å². The predicted molar refractivity (Wildman–Crippen MR) is 120 cm³/mol. The maximum absolute atomic E-state index is 4.52. The van der Waals surface area contributed by atoms with Crippen LogP contribution in [0.15, 0.2) is 41.1 Å². The summed E-state index contributed by atoms with van der Waals surface area (Å²) in [6.07, 6.45) is 5.56. The van der Waals surface area contributed by atoms with Crippen molar-refractivity contribution in [2.45, 2.75) is 26.9 Å². The van der Waals surface area contributed by atoms with Gasteiger partial charge < -0.3 is 10.2 Å². The fraction of sp³-hybridized carbons (Fsp3) is 0.333. The summed E-state index contributed by atoms with van der Waals surface area (Å²) in [7, 11) is 3.79. The Morgan fingerprint density at radius 3 is 2.67 bits per heavy atom. The number of nitrogens with zero attached hydrogens (tertiary/aromatic N) is 6. The Labute approximate surface area is 180 Å². The van der Waals surface area contributed by atoms with Crippen molar-refractivity contribution < 1.29 is 0 Å². The molecule has 7 nitrogen and oxygen atoms in total. The highest BCUT2D eigenvalue weighted by Gasteiger charge is 2.09. The molecular weight excluding hydrogens is 473 g/mol. The number of aryl methyl sites for hydroxylation is 2. The summed E-state index contributed by atoms with van der Waals surface area (Å²) >= 11 is 1.66. The average molecular weight is 497 g/mol. The Morgan fingerprint density at radius 1 is 1.30 bits per heavy atom. The Morgan fingerprint density at radius 2 is 2.11 bits per heavy atom. The van der Waals surface area contributed by atoms with Crippen molar-refractivity contribution in [3.8, 4) is 5.82 Å². The van der Waals surface area contributed by atoms with Gasteiger partial charge >= 0.3 is 0 Å². The fourth-order valence-corrected chi connectivity index (χ4v) is 3.25. The molecule has 1 N–H and O–H groups in total. The van der Waals surface area contributed by atoms with Crippen LogP contribution < -0.4 is 5.32 Å². The normalized spacial score (nSPS) is 11.2. The molecule has 0 fully saturated rings. The third-order valence-corrected chi connectivity index (χ3v) is 4.79. The van der Waals surface area contributed by atoms with Crippen LogP contribution in [0.3, 0.4) is 0 Å². The summed E-state index contributed by atoms with van der Waals surface area (Å²) in [5.41, 5.74) is 2.14. The van der Waals surface area contributed by atoms with Gasteiger partial charge in [0.25, 0.3) is 0 Å². The topological polar surface area (TPSA) is 71.2 Å². The molecule has 0 spiro atoms. The molecule has 3 rings (SSSR count). The first-order valence-electron chi connectivity index (χ1n) is 8.35. The van der Waals surface area contributed by atoms with Crippen molar-refractivity contribution in [1.29, 1.82) is 0 Å². The van der Waals surface area contributed by atoms with Gasteiger partial charge in [-0.15, -0.1) is 35.3 Å². The third kappa shape index (κ3) is 5.48. The Kier molecular flexibility index (Phi) is 7.72. The highest BCUT2D eigenvalue weighted by Crippen LogP contribution is 2.10. The van der Waals surface area contributed by atoms with Crippen molar-refractivity contribution in [1.82, 2.24) is 29.7 Å². The number of halogens is 1. The molecule has 0 aliphatic carbocycles. The molecule has 0 atom stereocenters. The number of aromatic nitrogens is 4. The second-order valence-electron chi connectivity index (χ2n) is 5.98. The molecule has 0 aromatic carbocycles. The van der Waals surface area contributed by atoms with Crippen LogP contribution in [0, 0.1) is 13.8 Å². The standard InChI is InChI=1S/C18H23N7S.HI/c1-13-20-7-8-25(13)17-6-5-15(9-21-17)10-22-18(19-3)24(4)11-16-12-26-14(2)23-16;/h5-9,12H,10-11H2,1-4H3,(H,19,22);1H. The first-order chi connectivity index (χ1) is 12.6. The van der Waals surface area contributed by atoms with E-state index in [4.69, 9.17) is 0 Å². The molecular formula is C18H24IN7S. The van der Waals surface area contributed by atoms with Crippen molar-refractivity contribution in [2.24, 2.45) is 4.99 Å². The SMILES string of the molecule is CN=C(NCc1ccc(-n2ccnc2C)nc1)N(C)Cc1csc(C)n1.I. The molecule has 0 aliphatic rings. The maximum atomic E-state index is 4.52. The van der Waals surface area contributed by atoms with E-state index < -0.39 is 0 Å². The zero-order valence-electron chi connectivity index (χ0n) is 15.9. The number of nitrogens with one attached hydrogen (secondary N) is 1. The molecule has 3 aromatic rings. The van der Waals surface area contributed by atoms with Crippen LogP contribution in [0.25, 0.3) is 5.82 Å². The summed E-state index contributed by atoms with van der Waals surface area (Å²) in [4.78, 5) is 19.7. The number of aliphatic imine (C=N–C) groups is 1. The van der Waals surface area contributed by atoms with Gasteiger partial charge in [0.05, 0.1) is 17.2 Å². The summed E-state index contributed by atoms with van der Waals surface area (Å²) in [6.45, 7) is 5.36. The zero-order chi connectivity index (χ0) is 18.5. The lowest BCUT2D eigenvalue weighted by atomic mass is 10.3. The molecule has 0 saturated heterocycles. The van der Waals surface area contributed by atoms with E-state index in [1.807, 2.05) is 43.9 Å². The van der Waals surface area contributed by atoms with Crippen LogP contribution in [0.2, 0.25) is 0 Å². The quantitative estimate of drug-likeness (QED) is 0.333. The minimum absolute atomic E-state index is 0. The van der Waals surface area contributed by atoms with Gasteiger partial charge in [-0.1, -0.05) is 6.07 Å². The predicted octanol–water partition coefficient (Wildman–Crippen LogP) is 3.17. The van der Waals surface area contributed by atoms with Gasteiger partial charge in [0.15, 0.2) is 5.96 Å². The van der Waals surface area contributed by atoms with Crippen LogP contribution in [0.5, 0.6) is 0 Å². The molecule has 3 heterocycles. The third-order valence-electron chi connectivity index (χ3n) is 3.97. The van der Waals surface area contributed by atoms with Crippen LogP contribution in [0.4, 0.5) is 0 Å². The first kappa shape index (κ1) is 21.3. The van der Waals surface area contributed by atoms with Gasteiger partial charge in [-0.2, -0.15) is 0 Å². The second-order valence-corrected chi connectivity index (χ2v) is 7.05. The summed E-state index contributed by atoms with van der Waals surface area (Å²) in [5.74, 6) is 2.61. The van der Waals surface area contributed by atoms with Crippen LogP contribution in [-0.4, -0.2) is 44.5 Å². The highest BCUT2D eigenvalue weighted by atomic mass is 127. The number of thiazole rings is 1. The smallest absolute Gasteiger partial charge is 0.194 e. The Balaban J connectivity index is 0.00000261. The van der Waals surface area contributed by atoms with Crippen LogP contribution >= 0.6 is 35.3 Å². The largest absolute Gasteiger partial charge is 0.352 e. The Hall–Kier alpha value is -2.01. The number of guanidine groups is 1. The van der Waals surface area contributed by atoms with E-state index in [0.717, 1.165) is 40.4 Å². The van der Waals surface area contributed by atoms with E-state index in [1.165, 1.54) is 0 Å². The number of rotatable bonds is 5. The van der Waals surface area contributed by atoms with E-state index in [-0.39, 0.29) is 24.0 Å². The maximum Gasteiger partial charge on any atom is 0.194 e. The number of imidazole rings is 1. The van der Waals surface area contributed by atoms with E-state index in [1.54, 1.807) is 24.6 Å². The lowest BCUT2D eigenvalue weighted by Gasteiger charge is -2.21. The molecule has 0 aliphatic heterocycles. The van der Waals surface area contributed by atoms with Gasteiger partial charge in [-0.3, -0.25) is 9.56 Å². The van der Waals surface area contributed by atoms with E-state index in [2.05, 4.69) is 41.6 Å². The molecule has 0 radical (unpaired) electrons. The molecule has 9 heteroatoms. The van der Waals surface area contributed by atoms with Crippen molar-refractivity contribution in [2.75, 3.05) is 14.1 Å². The fourth-order valence-electron chi connectivity index (χ4n) is 2.65. The summed E-state index contributed by atoms with van der Waals surface area (Å²) < 4.78 is 1.96. The lowest BCUT2D eigenvalue weighted by molar-refractivity contribution is 0.470. The minimum atomic E-state index is 0. The van der Waals surface area contributed by atoms with Gasteiger partial charge in [0.1, 0.15) is 11.6 Å². The number of pyridine rings is 1. The summed E-state index contributed by atoms with van der Waals surface area (Å²) in [6, 6.07) is 4.06. The van der Waals surface area contributed by atoms with E-state index >= 15 is 0 Å². The first-order valence-corrected chi connectivity index (χ1v) is 9.23. The monoisotopic (exact) mass is 497 g/mol. The highest BCUT2D eigenvalue weighted by molar-refractivity contribution is 14.0. The van der Waals surface area contributed by atoms with E-state index in [9.17, 15) is 0 Å². The van der Waals surface area contributed by atoms with Gasteiger partial charge in [0, 0.05) is 44.6 Å². The van der Waals surface area contributed by atoms with E-state index in [0.29, 0.717) is 6.54 Å². The van der Waals surface area contributed by atoms with Gasteiger partial charge in [-0.25, -0.2) is 15.0 Å². The number of hydrogen-bond acceptors (Lipinski definition) is 5. The lowest BCUT2D eigenvalue weighted by Crippen LogP contribution is -2.38.